The number of carbonyl (C=O) groups excluding carboxylic acids is 3. The predicted octanol–water partition coefficient (Wildman–Crippen LogP) is 1.55. The molecule has 0 saturated carbocycles. The van der Waals surface area contributed by atoms with Crippen molar-refractivity contribution in [3.63, 3.8) is 0 Å². The van der Waals surface area contributed by atoms with Crippen LogP contribution in [0.1, 0.15) is 54.1 Å². The molecule has 1 aromatic rings. The number of imide groups is 1. The fourth-order valence-electron chi connectivity index (χ4n) is 4.93. The van der Waals surface area contributed by atoms with Crippen molar-refractivity contribution < 1.29 is 18.8 Å². The van der Waals surface area contributed by atoms with Gasteiger partial charge in [0.05, 0.1) is 5.56 Å². The van der Waals surface area contributed by atoms with Gasteiger partial charge in [0.25, 0.3) is 5.91 Å². The summed E-state index contributed by atoms with van der Waals surface area (Å²) in [4.78, 5) is 38.0. The normalized spacial score (nSPS) is 31.1. The summed E-state index contributed by atoms with van der Waals surface area (Å²) in [6.45, 7) is 6.31. The van der Waals surface area contributed by atoms with Crippen molar-refractivity contribution in [2.24, 2.45) is 11.8 Å². The summed E-state index contributed by atoms with van der Waals surface area (Å²) in [5, 5.41) is 5.69. The topological polar surface area (TPSA) is 78.5 Å². The maximum Gasteiger partial charge on any atom is 0.258 e. The Morgan fingerprint density at radius 1 is 1.11 bits per heavy atom. The van der Waals surface area contributed by atoms with Gasteiger partial charge in [0.2, 0.25) is 11.8 Å². The van der Waals surface area contributed by atoms with Gasteiger partial charge in [0.15, 0.2) is 0 Å². The molecule has 0 spiro atoms. The highest BCUT2D eigenvalue weighted by Gasteiger charge is 2.43. The van der Waals surface area contributed by atoms with Gasteiger partial charge in [-0.2, -0.15) is 0 Å². The Balaban J connectivity index is 1.71. The lowest BCUT2D eigenvalue weighted by Gasteiger charge is -2.36. The Labute approximate surface area is 157 Å². The fourth-order valence-corrected chi connectivity index (χ4v) is 4.93. The molecule has 0 aromatic heterocycles. The molecule has 3 aliphatic heterocycles. The summed E-state index contributed by atoms with van der Waals surface area (Å²) >= 11 is 0. The maximum atomic E-state index is 14.6. The minimum Gasteiger partial charge on any atom is -0.322 e. The molecule has 6 nitrogen and oxygen atoms in total. The maximum absolute atomic E-state index is 14.6. The van der Waals surface area contributed by atoms with Gasteiger partial charge in [0, 0.05) is 13.0 Å². The van der Waals surface area contributed by atoms with Crippen molar-refractivity contribution in [2.45, 2.75) is 45.2 Å². The second-order valence-electron chi connectivity index (χ2n) is 8.03. The van der Waals surface area contributed by atoms with E-state index in [1.165, 1.54) is 11.0 Å². The van der Waals surface area contributed by atoms with Crippen molar-refractivity contribution in [1.82, 2.24) is 15.5 Å². The number of fused-ring (bicyclic) bond motifs is 1. The molecular formula is C20H24FN3O3. The average Bonchev–Trinajstić information content (AvgIpc) is 2.95. The van der Waals surface area contributed by atoms with Crippen LogP contribution in [0.3, 0.4) is 0 Å². The molecule has 2 fully saturated rings. The highest BCUT2D eigenvalue weighted by atomic mass is 19.1. The van der Waals surface area contributed by atoms with E-state index in [-0.39, 0.29) is 36.8 Å². The van der Waals surface area contributed by atoms with Crippen LogP contribution in [0.4, 0.5) is 4.39 Å². The van der Waals surface area contributed by atoms with Crippen molar-refractivity contribution >= 4 is 17.7 Å². The molecule has 144 valence electrons. The molecule has 0 radical (unpaired) electrons. The first-order valence-electron chi connectivity index (χ1n) is 9.55. The van der Waals surface area contributed by atoms with Crippen molar-refractivity contribution in [3.05, 3.63) is 34.6 Å². The number of benzene rings is 1. The number of carbonyl (C=O) groups is 3. The van der Waals surface area contributed by atoms with Gasteiger partial charge in [-0.15, -0.1) is 0 Å². The molecule has 7 heteroatoms. The molecule has 3 unspecified atom stereocenters. The van der Waals surface area contributed by atoms with E-state index in [1.807, 2.05) is 0 Å². The minimum atomic E-state index is -0.724. The van der Waals surface area contributed by atoms with Crippen LogP contribution >= 0.6 is 0 Å². The summed E-state index contributed by atoms with van der Waals surface area (Å²) in [7, 11) is 0. The van der Waals surface area contributed by atoms with E-state index in [9.17, 15) is 18.8 Å². The van der Waals surface area contributed by atoms with Gasteiger partial charge in [-0.05, 0) is 54.5 Å². The molecule has 27 heavy (non-hydrogen) atoms. The number of nitrogens with one attached hydrogen (secondary N) is 2. The van der Waals surface area contributed by atoms with Crippen LogP contribution in [-0.2, 0) is 16.1 Å². The number of hydrogen-bond donors (Lipinski definition) is 2. The molecule has 1 aromatic carbocycles. The van der Waals surface area contributed by atoms with E-state index < -0.39 is 23.7 Å². The second kappa shape index (κ2) is 6.71. The Hall–Kier alpha value is -2.28. The molecule has 3 heterocycles. The second-order valence-corrected chi connectivity index (χ2v) is 8.03. The highest BCUT2D eigenvalue weighted by molar-refractivity contribution is 6.05. The zero-order chi connectivity index (χ0) is 19.3. The zero-order valence-electron chi connectivity index (χ0n) is 15.5. The van der Waals surface area contributed by atoms with Gasteiger partial charge in [-0.3, -0.25) is 19.7 Å². The van der Waals surface area contributed by atoms with E-state index in [0.29, 0.717) is 17.4 Å². The summed E-state index contributed by atoms with van der Waals surface area (Å²) in [6.07, 6.45) is 0.468. The Kier molecular flexibility index (Phi) is 4.50. The van der Waals surface area contributed by atoms with Crippen LogP contribution in [0.2, 0.25) is 0 Å². The highest BCUT2D eigenvalue weighted by Crippen LogP contribution is 2.41. The molecule has 3 atom stereocenters. The number of nitrogens with zero attached hydrogens (tertiary/aromatic N) is 1. The Morgan fingerprint density at radius 2 is 1.81 bits per heavy atom. The number of rotatable bonds is 2. The summed E-state index contributed by atoms with van der Waals surface area (Å²) < 4.78 is 14.6. The Morgan fingerprint density at radius 3 is 2.48 bits per heavy atom. The molecule has 2 saturated heterocycles. The lowest BCUT2D eigenvalue weighted by atomic mass is 9.74. The molecular weight excluding hydrogens is 349 g/mol. The van der Waals surface area contributed by atoms with Gasteiger partial charge in [0.1, 0.15) is 11.9 Å². The SMILES string of the molecule is CC1CNCC(C)C1c1ccc(F)c2c1CN(C1CCC(=O)NC1=O)C2=O. The summed E-state index contributed by atoms with van der Waals surface area (Å²) in [5.41, 5.74) is 1.81. The van der Waals surface area contributed by atoms with Crippen molar-refractivity contribution in [3.8, 4) is 0 Å². The van der Waals surface area contributed by atoms with Crippen molar-refractivity contribution in [2.75, 3.05) is 13.1 Å². The van der Waals surface area contributed by atoms with E-state index in [1.54, 1.807) is 6.07 Å². The molecule has 0 aliphatic carbocycles. The summed E-state index contributed by atoms with van der Waals surface area (Å²) in [6, 6.07) is 2.46. The number of amides is 3. The first-order chi connectivity index (χ1) is 12.9. The molecule has 4 rings (SSSR count). The quantitative estimate of drug-likeness (QED) is 0.771. The third-order valence-electron chi connectivity index (χ3n) is 6.21. The average molecular weight is 373 g/mol. The van der Waals surface area contributed by atoms with Gasteiger partial charge in [-0.25, -0.2) is 4.39 Å². The molecule has 2 N–H and O–H groups in total. The number of halogens is 1. The van der Waals surface area contributed by atoms with Crippen molar-refractivity contribution in [1.29, 1.82) is 0 Å². The van der Waals surface area contributed by atoms with Crippen LogP contribution < -0.4 is 10.6 Å². The van der Waals surface area contributed by atoms with E-state index in [4.69, 9.17) is 0 Å². The van der Waals surface area contributed by atoms with Crippen LogP contribution in [-0.4, -0.2) is 41.8 Å². The number of hydrogen-bond acceptors (Lipinski definition) is 4. The fraction of sp³-hybridized carbons (Fsp3) is 0.550. The number of piperidine rings is 2. The molecule has 0 bridgehead atoms. The standard InChI is InChI=1S/C20H24FN3O3/c1-10-7-22-8-11(2)17(10)12-3-4-14(21)18-13(12)9-24(20(18)27)15-5-6-16(25)23-19(15)26/h3-4,10-11,15,17,22H,5-9H2,1-2H3,(H,23,25,26). The van der Waals surface area contributed by atoms with Gasteiger partial charge in [-0.1, -0.05) is 19.9 Å². The zero-order valence-corrected chi connectivity index (χ0v) is 15.5. The largest absolute Gasteiger partial charge is 0.322 e. The summed E-state index contributed by atoms with van der Waals surface area (Å²) in [5.74, 6) is -0.834. The monoisotopic (exact) mass is 373 g/mol. The third-order valence-corrected chi connectivity index (χ3v) is 6.21. The van der Waals surface area contributed by atoms with Gasteiger partial charge < -0.3 is 10.2 Å². The van der Waals surface area contributed by atoms with Crippen LogP contribution in [0.5, 0.6) is 0 Å². The van der Waals surface area contributed by atoms with Gasteiger partial charge >= 0.3 is 0 Å². The smallest absolute Gasteiger partial charge is 0.258 e. The Bertz CT molecular complexity index is 815. The molecule has 3 amide bonds. The lowest BCUT2D eigenvalue weighted by molar-refractivity contribution is -0.136. The lowest BCUT2D eigenvalue weighted by Crippen LogP contribution is -2.52. The minimum absolute atomic E-state index is 0.0927. The first-order valence-corrected chi connectivity index (χ1v) is 9.55. The predicted molar refractivity (Wildman–Crippen MR) is 96.4 cm³/mol. The van der Waals surface area contributed by atoms with Crippen LogP contribution in [0, 0.1) is 17.7 Å². The van der Waals surface area contributed by atoms with Crippen LogP contribution in [0.15, 0.2) is 12.1 Å². The van der Waals surface area contributed by atoms with Crippen LogP contribution in [0.25, 0.3) is 0 Å². The first kappa shape index (κ1) is 18.1. The van der Waals surface area contributed by atoms with E-state index >= 15 is 0 Å². The van der Waals surface area contributed by atoms with E-state index in [0.717, 1.165) is 18.7 Å². The van der Waals surface area contributed by atoms with E-state index in [2.05, 4.69) is 24.5 Å². The molecule has 3 aliphatic rings. The third kappa shape index (κ3) is 2.94.